The average Bonchev–Trinajstić information content (AvgIpc) is 2.27. The van der Waals surface area contributed by atoms with Crippen LogP contribution in [0.2, 0.25) is 0 Å². The lowest BCUT2D eigenvalue weighted by atomic mass is 10.1. The number of aryl methyl sites for hydroxylation is 1. The summed E-state index contributed by atoms with van der Waals surface area (Å²) in [7, 11) is 1.95. The molecule has 3 nitrogen and oxygen atoms in total. The number of ether oxygens (including phenoxy) is 1. The number of esters is 1. The molecule has 0 heterocycles. The van der Waals surface area contributed by atoms with Crippen LogP contribution < -0.4 is 0 Å². The molecule has 0 N–H and O–H groups in total. The van der Waals surface area contributed by atoms with Gasteiger partial charge in [-0.1, -0.05) is 30.3 Å². The van der Waals surface area contributed by atoms with E-state index >= 15 is 0 Å². The van der Waals surface area contributed by atoms with Crippen LogP contribution in [0, 0.1) is 0 Å². The molecule has 19 heavy (non-hydrogen) atoms. The molecule has 3 heteroatoms. The number of carbonyl (C=O) groups is 1. The fraction of sp³-hybridized carbons (Fsp3) is 0.562. The maximum Gasteiger partial charge on any atom is 0.320 e. The highest BCUT2D eigenvalue weighted by Gasteiger charge is 2.17. The molecule has 0 aromatic heterocycles. The number of hydrogen-bond acceptors (Lipinski definition) is 3. The SMILES string of the molecule is CN(CCCc1ccccc1)CC(=O)OC(C)(C)C. The van der Waals surface area contributed by atoms with Crippen LogP contribution in [0.25, 0.3) is 0 Å². The summed E-state index contributed by atoms with van der Waals surface area (Å²) in [5.74, 6) is -0.158. The zero-order valence-corrected chi connectivity index (χ0v) is 12.5. The molecule has 0 bridgehead atoms. The van der Waals surface area contributed by atoms with Gasteiger partial charge in [-0.15, -0.1) is 0 Å². The molecule has 0 aliphatic carbocycles. The monoisotopic (exact) mass is 263 g/mol. The molecule has 0 saturated heterocycles. The first-order valence-corrected chi connectivity index (χ1v) is 6.81. The van der Waals surface area contributed by atoms with Crippen molar-refractivity contribution >= 4 is 5.97 Å². The molecule has 0 spiro atoms. The van der Waals surface area contributed by atoms with Crippen LogP contribution in [0.5, 0.6) is 0 Å². The van der Waals surface area contributed by atoms with Gasteiger partial charge in [-0.25, -0.2) is 0 Å². The van der Waals surface area contributed by atoms with Gasteiger partial charge >= 0.3 is 5.97 Å². The van der Waals surface area contributed by atoms with E-state index in [2.05, 4.69) is 24.3 Å². The number of likely N-dealkylation sites (N-methyl/N-ethyl adjacent to an activating group) is 1. The lowest BCUT2D eigenvalue weighted by Gasteiger charge is -2.22. The van der Waals surface area contributed by atoms with Crippen molar-refractivity contribution in [2.24, 2.45) is 0 Å². The second kappa shape index (κ2) is 7.29. The fourth-order valence-electron chi connectivity index (χ4n) is 1.87. The Morgan fingerprint density at radius 2 is 1.84 bits per heavy atom. The first kappa shape index (κ1) is 15.7. The third kappa shape index (κ3) is 7.62. The Morgan fingerprint density at radius 1 is 1.21 bits per heavy atom. The molecular weight excluding hydrogens is 238 g/mol. The van der Waals surface area contributed by atoms with Gasteiger partial charge in [0.2, 0.25) is 0 Å². The van der Waals surface area contributed by atoms with E-state index in [9.17, 15) is 4.79 Å². The van der Waals surface area contributed by atoms with Crippen LogP contribution in [-0.4, -0.2) is 36.6 Å². The van der Waals surface area contributed by atoms with Gasteiger partial charge in [0.1, 0.15) is 5.60 Å². The summed E-state index contributed by atoms with van der Waals surface area (Å²) in [6.45, 7) is 6.92. The number of hydrogen-bond donors (Lipinski definition) is 0. The van der Waals surface area contributed by atoms with Gasteiger partial charge in [0.05, 0.1) is 6.54 Å². The minimum Gasteiger partial charge on any atom is -0.459 e. The highest BCUT2D eigenvalue weighted by molar-refractivity contribution is 5.72. The van der Waals surface area contributed by atoms with E-state index in [4.69, 9.17) is 4.74 Å². The molecule has 1 rings (SSSR count). The summed E-state index contributed by atoms with van der Waals surface area (Å²) >= 11 is 0. The second-order valence-electron chi connectivity index (χ2n) is 5.91. The fourth-order valence-corrected chi connectivity index (χ4v) is 1.87. The molecule has 0 unspecified atom stereocenters. The van der Waals surface area contributed by atoms with Gasteiger partial charge in [-0.2, -0.15) is 0 Å². The van der Waals surface area contributed by atoms with Crippen molar-refractivity contribution < 1.29 is 9.53 Å². The van der Waals surface area contributed by atoms with Crippen LogP contribution in [0.1, 0.15) is 32.8 Å². The number of carbonyl (C=O) groups excluding carboxylic acids is 1. The third-order valence-electron chi connectivity index (χ3n) is 2.67. The molecule has 0 amide bonds. The smallest absolute Gasteiger partial charge is 0.320 e. The van der Waals surface area contributed by atoms with Gasteiger partial charge in [-0.3, -0.25) is 9.69 Å². The Hall–Kier alpha value is -1.35. The third-order valence-corrected chi connectivity index (χ3v) is 2.67. The van der Waals surface area contributed by atoms with Gasteiger partial charge in [0, 0.05) is 0 Å². The van der Waals surface area contributed by atoms with Crippen LogP contribution in [0.4, 0.5) is 0 Å². The Labute approximate surface area is 116 Å². The lowest BCUT2D eigenvalue weighted by Crippen LogP contribution is -2.33. The second-order valence-corrected chi connectivity index (χ2v) is 5.91. The predicted octanol–water partition coefficient (Wildman–Crippen LogP) is 2.89. The van der Waals surface area contributed by atoms with E-state index in [0.717, 1.165) is 19.4 Å². The molecule has 0 aliphatic rings. The number of benzene rings is 1. The average molecular weight is 263 g/mol. The lowest BCUT2D eigenvalue weighted by molar-refractivity contribution is -0.155. The van der Waals surface area contributed by atoms with Crippen molar-refractivity contribution in [3.63, 3.8) is 0 Å². The van der Waals surface area contributed by atoms with E-state index < -0.39 is 5.60 Å². The van der Waals surface area contributed by atoms with Crippen molar-refractivity contribution in [3.8, 4) is 0 Å². The molecule has 0 fully saturated rings. The number of rotatable bonds is 6. The molecule has 1 aromatic rings. The summed E-state index contributed by atoms with van der Waals surface area (Å²) in [6, 6.07) is 10.4. The van der Waals surface area contributed by atoms with Crippen molar-refractivity contribution in [3.05, 3.63) is 35.9 Å². The quantitative estimate of drug-likeness (QED) is 0.739. The predicted molar refractivity (Wildman–Crippen MR) is 78.1 cm³/mol. The Bertz CT molecular complexity index is 381. The first-order valence-electron chi connectivity index (χ1n) is 6.81. The van der Waals surface area contributed by atoms with Gasteiger partial charge in [0.25, 0.3) is 0 Å². The van der Waals surface area contributed by atoms with Gasteiger partial charge < -0.3 is 4.74 Å². The van der Waals surface area contributed by atoms with Crippen LogP contribution in [0.3, 0.4) is 0 Å². The summed E-state index contributed by atoms with van der Waals surface area (Å²) in [6.07, 6.45) is 2.09. The van der Waals surface area contributed by atoms with Crippen LogP contribution >= 0.6 is 0 Å². The molecule has 106 valence electrons. The molecule has 0 atom stereocenters. The first-order chi connectivity index (χ1) is 8.87. The largest absolute Gasteiger partial charge is 0.459 e. The summed E-state index contributed by atoms with van der Waals surface area (Å²) < 4.78 is 5.29. The van der Waals surface area contributed by atoms with Crippen molar-refractivity contribution in [1.29, 1.82) is 0 Å². The minimum absolute atomic E-state index is 0.158. The van der Waals surface area contributed by atoms with E-state index in [1.165, 1.54) is 5.56 Å². The number of nitrogens with zero attached hydrogens (tertiary/aromatic N) is 1. The van der Waals surface area contributed by atoms with E-state index in [0.29, 0.717) is 6.54 Å². The van der Waals surface area contributed by atoms with E-state index in [-0.39, 0.29) is 5.97 Å². The highest BCUT2D eigenvalue weighted by atomic mass is 16.6. The molecule has 0 saturated carbocycles. The standard InChI is InChI=1S/C16H25NO2/c1-16(2,3)19-15(18)13-17(4)12-8-11-14-9-6-5-7-10-14/h5-7,9-10H,8,11-13H2,1-4H3. The van der Waals surface area contributed by atoms with Crippen molar-refractivity contribution in [2.45, 2.75) is 39.2 Å². The topological polar surface area (TPSA) is 29.5 Å². The Kier molecular flexibility index (Phi) is 6.03. The molecular formula is C16H25NO2. The highest BCUT2D eigenvalue weighted by Crippen LogP contribution is 2.07. The summed E-state index contributed by atoms with van der Waals surface area (Å²) in [4.78, 5) is 13.6. The Morgan fingerprint density at radius 3 is 2.42 bits per heavy atom. The summed E-state index contributed by atoms with van der Waals surface area (Å²) in [5.41, 5.74) is 0.940. The van der Waals surface area contributed by atoms with Gasteiger partial charge in [-0.05, 0) is 52.8 Å². The van der Waals surface area contributed by atoms with Crippen LogP contribution in [-0.2, 0) is 16.0 Å². The van der Waals surface area contributed by atoms with E-state index in [1.54, 1.807) is 0 Å². The maximum absolute atomic E-state index is 11.6. The Balaban J connectivity index is 2.21. The van der Waals surface area contributed by atoms with E-state index in [1.807, 2.05) is 38.8 Å². The zero-order chi connectivity index (χ0) is 14.3. The normalized spacial score (nSPS) is 11.6. The van der Waals surface area contributed by atoms with Crippen molar-refractivity contribution in [2.75, 3.05) is 20.1 Å². The van der Waals surface area contributed by atoms with Crippen molar-refractivity contribution in [1.82, 2.24) is 4.90 Å². The van der Waals surface area contributed by atoms with Gasteiger partial charge in [0.15, 0.2) is 0 Å². The maximum atomic E-state index is 11.6. The minimum atomic E-state index is -0.401. The molecule has 0 aliphatic heterocycles. The molecule has 1 aromatic carbocycles. The molecule has 0 radical (unpaired) electrons. The van der Waals surface area contributed by atoms with Crippen LogP contribution in [0.15, 0.2) is 30.3 Å². The zero-order valence-electron chi connectivity index (χ0n) is 12.5. The summed E-state index contributed by atoms with van der Waals surface area (Å²) in [5, 5.41) is 0.